The first-order valence-electron chi connectivity index (χ1n) is 5.89. The van der Waals surface area contributed by atoms with Crippen molar-refractivity contribution in [2.75, 3.05) is 0 Å². The molecule has 21 heavy (non-hydrogen) atoms. The second-order valence-electron chi connectivity index (χ2n) is 4.25. The zero-order valence-corrected chi connectivity index (χ0v) is 11.7. The maximum atomic E-state index is 13.9. The Morgan fingerprint density at radius 1 is 0.952 bits per heavy atom. The van der Waals surface area contributed by atoms with Gasteiger partial charge < -0.3 is 5.11 Å². The van der Waals surface area contributed by atoms with Gasteiger partial charge in [-0.15, -0.1) is 0 Å². The second kappa shape index (κ2) is 6.05. The molecule has 0 aliphatic rings. The third kappa shape index (κ3) is 3.46. The molecule has 0 amide bonds. The highest BCUT2D eigenvalue weighted by molar-refractivity contribution is 7.99. The third-order valence-corrected chi connectivity index (χ3v) is 3.82. The van der Waals surface area contributed by atoms with Crippen molar-refractivity contribution in [1.82, 2.24) is 0 Å². The number of rotatable bonds is 4. The molecule has 3 nitrogen and oxygen atoms in total. The molecular weight excluding hydrogens is 298 g/mol. The van der Waals surface area contributed by atoms with Gasteiger partial charge in [0.15, 0.2) is 5.78 Å². The molecule has 0 saturated heterocycles. The van der Waals surface area contributed by atoms with E-state index >= 15 is 0 Å². The fourth-order valence-electron chi connectivity index (χ4n) is 1.64. The lowest BCUT2D eigenvalue weighted by Gasteiger charge is -2.06. The maximum absolute atomic E-state index is 13.9. The quantitative estimate of drug-likeness (QED) is 0.867. The largest absolute Gasteiger partial charge is 0.478 e. The van der Waals surface area contributed by atoms with Gasteiger partial charge in [-0.25, -0.2) is 13.6 Å². The van der Waals surface area contributed by atoms with Gasteiger partial charge in [0.05, 0.1) is 5.56 Å². The first-order valence-corrected chi connectivity index (χ1v) is 6.71. The van der Waals surface area contributed by atoms with E-state index in [9.17, 15) is 18.4 Å². The van der Waals surface area contributed by atoms with Crippen LogP contribution >= 0.6 is 11.8 Å². The van der Waals surface area contributed by atoms with E-state index in [1.165, 1.54) is 19.1 Å². The van der Waals surface area contributed by atoms with E-state index in [0.717, 1.165) is 36.0 Å². The highest BCUT2D eigenvalue weighted by Gasteiger charge is 2.13. The predicted molar refractivity (Wildman–Crippen MR) is 73.9 cm³/mol. The Balaban J connectivity index is 2.36. The fourth-order valence-corrected chi connectivity index (χ4v) is 2.52. The molecule has 2 rings (SSSR count). The summed E-state index contributed by atoms with van der Waals surface area (Å²) in [6.45, 7) is 1.32. The van der Waals surface area contributed by atoms with Crippen molar-refractivity contribution in [2.45, 2.75) is 16.7 Å². The zero-order valence-electron chi connectivity index (χ0n) is 10.9. The van der Waals surface area contributed by atoms with Crippen LogP contribution in [0.4, 0.5) is 8.78 Å². The van der Waals surface area contributed by atoms with Crippen molar-refractivity contribution in [3.8, 4) is 0 Å². The summed E-state index contributed by atoms with van der Waals surface area (Å²) < 4.78 is 27.5. The molecule has 0 saturated carbocycles. The summed E-state index contributed by atoms with van der Waals surface area (Å²) in [5.41, 5.74) is 0.135. The van der Waals surface area contributed by atoms with Crippen molar-refractivity contribution in [3.05, 3.63) is 59.2 Å². The van der Waals surface area contributed by atoms with Crippen LogP contribution in [0.3, 0.4) is 0 Å². The Bertz CT molecular complexity index is 729. The van der Waals surface area contributed by atoms with Crippen LogP contribution in [-0.4, -0.2) is 16.9 Å². The van der Waals surface area contributed by atoms with E-state index in [1.54, 1.807) is 0 Å². The van der Waals surface area contributed by atoms with Crippen LogP contribution in [0.15, 0.2) is 46.2 Å². The van der Waals surface area contributed by atoms with Crippen molar-refractivity contribution < 1.29 is 23.5 Å². The van der Waals surface area contributed by atoms with E-state index in [0.29, 0.717) is 0 Å². The van der Waals surface area contributed by atoms with Gasteiger partial charge in [-0.1, -0.05) is 17.8 Å². The van der Waals surface area contributed by atoms with Crippen molar-refractivity contribution in [1.29, 1.82) is 0 Å². The van der Waals surface area contributed by atoms with E-state index in [2.05, 4.69) is 0 Å². The van der Waals surface area contributed by atoms with Gasteiger partial charge in [0.25, 0.3) is 0 Å². The number of ketones is 1. The molecule has 0 bridgehead atoms. The summed E-state index contributed by atoms with van der Waals surface area (Å²) in [6, 6.07) is 7.17. The van der Waals surface area contributed by atoms with Gasteiger partial charge in [-0.05, 0) is 37.3 Å². The summed E-state index contributed by atoms with van der Waals surface area (Å²) in [5.74, 6) is -2.76. The van der Waals surface area contributed by atoms with E-state index in [4.69, 9.17) is 5.11 Å². The number of aromatic carboxylic acids is 1. The first-order chi connectivity index (χ1) is 9.88. The topological polar surface area (TPSA) is 54.4 Å². The van der Waals surface area contributed by atoms with Crippen molar-refractivity contribution in [3.63, 3.8) is 0 Å². The number of Topliss-reactive ketones (excluding diaryl/α,β-unsaturated/α-hetero) is 1. The van der Waals surface area contributed by atoms with Gasteiger partial charge in [0, 0.05) is 15.4 Å². The minimum Gasteiger partial charge on any atom is -0.478 e. The Hall–Kier alpha value is -2.21. The molecule has 2 aromatic carbocycles. The maximum Gasteiger partial charge on any atom is 0.335 e. The average Bonchev–Trinajstić information content (AvgIpc) is 2.42. The second-order valence-corrected chi connectivity index (χ2v) is 5.34. The monoisotopic (exact) mass is 308 g/mol. The number of carboxylic acids is 1. The number of carbonyl (C=O) groups excluding carboxylic acids is 1. The average molecular weight is 308 g/mol. The Kier molecular flexibility index (Phi) is 4.37. The van der Waals surface area contributed by atoms with E-state index in [-0.39, 0.29) is 26.7 Å². The Labute approximate surface area is 123 Å². The molecule has 6 heteroatoms. The van der Waals surface area contributed by atoms with Crippen molar-refractivity contribution >= 4 is 23.5 Å². The smallest absolute Gasteiger partial charge is 0.335 e. The number of carboxylic acid groups (broad SMARTS) is 1. The standard InChI is InChI=1S/C15H10F2O3S/c1-8(18)9-3-5-13(12(17)6-9)21-14-7-10(15(19)20)2-4-11(14)16/h2-7H,1H3,(H,19,20). The van der Waals surface area contributed by atoms with Crippen LogP contribution in [0.5, 0.6) is 0 Å². The van der Waals surface area contributed by atoms with Crippen LogP contribution in [0, 0.1) is 11.6 Å². The fraction of sp³-hybridized carbons (Fsp3) is 0.0667. The van der Waals surface area contributed by atoms with Gasteiger partial charge >= 0.3 is 5.97 Å². The van der Waals surface area contributed by atoms with Gasteiger partial charge in [0.2, 0.25) is 0 Å². The molecule has 0 spiro atoms. The lowest BCUT2D eigenvalue weighted by atomic mass is 10.1. The molecule has 0 fully saturated rings. The molecule has 1 N–H and O–H groups in total. The number of halogens is 2. The lowest BCUT2D eigenvalue weighted by Crippen LogP contribution is -1.97. The highest BCUT2D eigenvalue weighted by Crippen LogP contribution is 2.32. The van der Waals surface area contributed by atoms with Crippen LogP contribution in [0.2, 0.25) is 0 Å². The first kappa shape index (κ1) is 15.2. The molecular formula is C15H10F2O3S. The van der Waals surface area contributed by atoms with E-state index < -0.39 is 17.6 Å². The number of hydrogen-bond acceptors (Lipinski definition) is 3. The zero-order chi connectivity index (χ0) is 15.6. The number of hydrogen-bond donors (Lipinski definition) is 1. The summed E-state index contributed by atoms with van der Waals surface area (Å²) >= 11 is 0.768. The number of carbonyl (C=O) groups is 2. The molecule has 0 aliphatic heterocycles. The van der Waals surface area contributed by atoms with Crippen LogP contribution < -0.4 is 0 Å². The predicted octanol–water partition coefficient (Wildman–Crippen LogP) is 4.02. The summed E-state index contributed by atoms with van der Waals surface area (Å²) in [5, 5.41) is 8.88. The number of benzene rings is 2. The van der Waals surface area contributed by atoms with Crippen molar-refractivity contribution in [2.24, 2.45) is 0 Å². The summed E-state index contributed by atoms with van der Waals surface area (Å²) in [4.78, 5) is 22.1. The molecule has 0 radical (unpaired) electrons. The minimum absolute atomic E-state index is 0.00405. The SMILES string of the molecule is CC(=O)c1ccc(Sc2cc(C(=O)O)ccc2F)c(F)c1. The Morgan fingerprint density at radius 2 is 1.62 bits per heavy atom. The molecule has 0 aromatic heterocycles. The Morgan fingerprint density at radius 3 is 2.19 bits per heavy atom. The van der Waals surface area contributed by atoms with Crippen LogP contribution in [-0.2, 0) is 0 Å². The molecule has 108 valence electrons. The third-order valence-electron chi connectivity index (χ3n) is 2.74. The summed E-state index contributed by atoms with van der Waals surface area (Å²) in [6.07, 6.45) is 0. The van der Waals surface area contributed by atoms with Crippen LogP contribution in [0.1, 0.15) is 27.6 Å². The highest BCUT2D eigenvalue weighted by atomic mass is 32.2. The minimum atomic E-state index is -1.19. The lowest BCUT2D eigenvalue weighted by molar-refractivity contribution is 0.0696. The molecule has 0 aliphatic carbocycles. The molecule has 2 aromatic rings. The normalized spacial score (nSPS) is 10.4. The molecule has 0 heterocycles. The summed E-state index contributed by atoms with van der Waals surface area (Å²) in [7, 11) is 0. The van der Waals surface area contributed by atoms with Gasteiger partial charge in [0.1, 0.15) is 11.6 Å². The van der Waals surface area contributed by atoms with Gasteiger partial charge in [-0.3, -0.25) is 4.79 Å². The molecule has 0 unspecified atom stereocenters. The van der Waals surface area contributed by atoms with E-state index in [1.807, 2.05) is 0 Å². The van der Waals surface area contributed by atoms with Gasteiger partial charge in [-0.2, -0.15) is 0 Å². The molecule has 0 atom stereocenters. The van der Waals surface area contributed by atoms with Crippen LogP contribution in [0.25, 0.3) is 0 Å².